The van der Waals surface area contributed by atoms with Crippen molar-refractivity contribution >= 4 is 37.5 Å². The number of ether oxygens (including phenoxy) is 10. The van der Waals surface area contributed by atoms with Gasteiger partial charge in [-0.2, -0.15) is 0 Å². The van der Waals surface area contributed by atoms with Crippen LogP contribution in [-0.2, 0) is 71.6 Å². The summed E-state index contributed by atoms with van der Waals surface area (Å²) in [5.74, 6) is 1.36. The lowest BCUT2D eigenvalue weighted by atomic mass is 9.79. The molecule has 2 aromatic heterocycles. The molecular weight excluding hydrogens is 1410 g/mol. The van der Waals surface area contributed by atoms with E-state index in [1.165, 1.54) is 33.7 Å². The summed E-state index contributed by atoms with van der Waals surface area (Å²) in [6.45, 7) is 14.8. The molecule has 0 aliphatic carbocycles. The highest BCUT2D eigenvalue weighted by Gasteiger charge is 2.52. The Morgan fingerprint density at radius 3 is 1.19 bits per heavy atom. The Bertz CT molecular complexity index is 5030. The molecule has 10 aromatic rings. The van der Waals surface area contributed by atoms with Crippen LogP contribution < -0.4 is 42.9 Å². The van der Waals surface area contributed by atoms with E-state index in [0.29, 0.717) is 33.7 Å². The number of methoxy groups -OCH3 is 2. The summed E-state index contributed by atoms with van der Waals surface area (Å²) < 4.78 is 75.7. The van der Waals surface area contributed by atoms with E-state index in [-0.39, 0.29) is 39.3 Å². The second kappa shape index (κ2) is 33.9. The Labute approximate surface area is 636 Å². The van der Waals surface area contributed by atoms with Crippen molar-refractivity contribution in [2.45, 2.75) is 141 Å². The first-order chi connectivity index (χ1) is 52.8. The van der Waals surface area contributed by atoms with Gasteiger partial charge in [-0.05, 0) is 135 Å². The first-order valence-electron chi connectivity index (χ1n) is 36.1. The van der Waals surface area contributed by atoms with E-state index < -0.39 is 108 Å². The van der Waals surface area contributed by atoms with Gasteiger partial charge in [-0.1, -0.05) is 193 Å². The normalized spacial score (nSPS) is 19.4. The van der Waals surface area contributed by atoms with E-state index in [1.54, 1.807) is 40.2 Å². The summed E-state index contributed by atoms with van der Waals surface area (Å²) in [5.41, 5.74) is 4.70. The Kier molecular flexibility index (Phi) is 24.2. The van der Waals surface area contributed by atoms with Gasteiger partial charge in [0.1, 0.15) is 72.8 Å². The van der Waals surface area contributed by atoms with Gasteiger partial charge in [-0.15, -0.1) is 0 Å². The van der Waals surface area contributed by atoms with E-state index >= 15 is 0 Å². The molecule has 4 N–H and O–H groups in total. The number of nitrogens with zero attached hydrogens (tertiary/aromatic N) is 2. The van der Waals surface area contributed by atoms with Crippen LogP contribution in [0.25, 0.3) is 0 Å². The molecule has 3 saturated heterocycles. The van der Waals surface area contributed by atoms with E-state index in [9.17, 15) is 38.8 Å². The van der Waals surface area contributed by atoms with E-state index in [1.807, 2.05) is 224 Å². The molecule has 570 valence electrons. The van der Waals surface area contributed by atoms with Crippen LogP contribution in [0.3, 0.4) is 0 Å². The largest absolute Gasteiger partial charge is 0.508 e. The molecule has 8 atom stereocenters. The summed E-state index contributed by atoms with van der Waals surface area (Å²) in [5, 5.41) is 18.7. The van der Waals surface area contributed by atoms with E-state index in [4.69, 9.17) is 56.7 Å². The molecule has 8 aromatic carbocycles. The van der Waals surface area contributed by atoms with Crippen molar-refractivity contribution in [3.63, 3.8) is 0 Å². The first kappa shape index (κ1) is 78.6. The van der Waals surface area contributed by atoms with Crippen molar-refractivity contribution in [2.75, 3.05) is 27.4 Å². The summed E-state index contributed by atoms with van der Waals surface area (Å²) in [7, 11) is 1.07. The van der Waals surface area contributed by atoms with Gasteiger partial charge < -0.3 is 66.7 Å². The zero-order valence-electron chi connectivity index (χ0n) is 62.8. The second-order valence-corrected chi connectivity index (χ2v) is 28.4. The smallest absolute Gasteiger partial charge is 0.497 e. The molecular formula is C84H88B2N4O20. The molecule has 2 unspecified atom stereocenters. The Balaban J connectivity index is 0.000000206. The fourth-order valence-electron chi connectivity index (χ4n) is 13.5. The van der Waals surface area contributed by atoms with Crippen molar-refractivity contribution in [2.24, 2.45) is 0 Å². The predicted molar refractivity (Wildman–Crippen MR) is 411 cm³/mol. The number of aryl methyl sites for hydroxylation is 4. The summed E-state index contributed by atoms with van der Waals surface area (Å²) in [4.78, 5) is 81.5. The first-order valence-corrected chi connectivity index (χ1v) is 36.1. The Hall–Kier alpha value is -10.9. The maximum Gasteiger partial charge on any atom is 0.508 e. The lowest BCUT2D eigenvalue weighted by Crippen LogP contribution is -2.41. The van der Waals surface area contributed by atoms with E-state index in [2.05, 4.69) is 9.97 Å². The number of benzene rings is 8. The molecule has 3 aliphatic heterocycles. The standard InChI is InChI=1S/C45H49BN2O10.C39H39BN2O10/c1-29-13-17-33(18-14-29)45(32-11-9-8-10-12-32,34-19-23-36(52-7)24-20-34)54-28-38-37(25-39(55-38)48-26-30(2)40(49)47-41(48)50)56-42(51)53-27-31-15-21-35(22-16-31)46-57-43(3,4)44(5,6)58-46;1-25-9-13-29(14-10-25)39(28-7-5-4-6-8-28,30-15-19-32(48-3)20-16-30)50-24-34-33(21-35(51-34)42-22-26(2)36(43)41-37(42)44)52-38(45)49-23-27-11-17-31(18-12-27)40(46)47/h8-24,26,37-39H,25,27-28H2,1-7H3,(H,47,49,50);4-20,22,33-35,46-47H,21,23-24H2,1-3H3,(H,41,43,44)/t37-,38+,39+,45?;33-,34+,35+,39?/m00/s1. The number of carbonyl (C=O) groups excluding carboxylic acids is 2. The predicted octanol–water partition coefficient (Wildman–Crippen LogP) is 10.3. The van der Waals surface area contributed by atoms with Crippen LogP contribution in [-0.4, -0.2) is 119 Å². The number of aromatic nitrogens is 4. The van der Waals surface area contributed by atoms with Crippen molar-refractivity contribution < 1.29 is 76.3 Å². The minimum atomic E-state index is -1.62. The zero-order valence-corrected chi connectivity index (χ0v) is 62.8. The van der Waals surface area contributed by atoms with Gasteiger partial charge in [0.25, 0.3) is 11.1 Å². The number of aromatic amines is 2. The highest BCUT2D eigenvalue weighted by atomic mass is 16.7. The van der Waals surface area contributed by atoms with Crippen LogP contribution in [0.1, 0.15) is 120 Å². The summed E-state index contributed by atoms with van der Waals surface area (Å²) in [6, 6.07) is 64.7. The number of H-pyrrole nitrogens is 2. The second-order valence-electron chi connectivity index (χ2n) is 28.4. The Morgan fingerprint density at radius 1 is 0.491 bits per heavy atom. The number of rotatable bonds is 24. The third-order valence-electron chi connectivity index (χ3n) is 20.5. The lowest BCUT2D eigenvalue weighted by molar-refractivity contribution is -0.100. The van der Waals surface area contributed by atoms with Crippen LogP contribution in [0.2, 0.25) is 0 Å². The Morgan fingerprint density at radius 2 is 0.836 bits per heavy atom. The highest BCUT2D eigenvalue weighted by molar-refractivity contribution is 6.62. The third kappa shape index (κ3) is 17.5. The minimum absolute atomic E-state index is 0.0543. The van der Waals surface area contributed by atoms with Gasteiger partial charge in [0.05, 0.1) is 38.6 Å². The van der Waals surface area contributed by atoms with Crippen LogP contribution in [0.4, 0.5) is 9.59 Å². The SMILES string of the molecule is COc1ccc(C(OC[C@H]2O[C@@H](n3cc(C)c(=O)[nH]c3=O)C[C@@H]2OC(=O)OCc2ccc(B(O)O)cc2)(c2ccccc2)c2ccc(C)cc2)cc1.COc1ccc(C(OC[C@H]2O[C@@H](n3cc(C)c(=O)[nH]c3=O)C[C@@H]2OC(=O)OCc2ccc(B3OC(C)(C)C(C)(C)O3)cc2)(c2ccccc2)c2ccc(C)cc2)cc1. The van der Waals surface area contributed by atoms with Gasteiger partial charge in [0.2, 0.25) is 0 Å². The number of hydrogen-bond donors (Lipinski definition) is 4. The molecule has 13 rings (SSSR count). The maximum atomic E-state index is 13.4. The quantitative estimate of drug-likeness (QED) is 0.0248. The molecule has 110 heavy (non-hydrogen) atoms. The number of hydrogen-bond acceptors (Lipinski definition) is 20. The lowest BCUT2D eigenvalue weighted by Gasteiger charge is -2.37. The van der Waals surface area contributed by atoms with Gasteiger partial charge in [-0.25, -0.2) is 19.2 Å². The number of nitrogens with one attached hydrogen (secondary N) is 2. The molecule has 3 fully saturated rings. The van der Waals surface area contributed by atoms with Crippen LogP contribution in [0.15, 0.2) is 238 Å². The van der Waals surface area contributed by atoms with Crippen molar-refractivity contribution in [1.29, 1.82) is 0 Å². The van der Waals surface area contributed by atoms with Gasteiger partial charge in [0, 0.05) is 36.4 Å². The minimum Gasteiger partial charge on any atom is -0.497 e. The molecule has 0 radical (unpaired) electrons. The monoisotopic (exact) mass is 1490 g/mol. The summed E-state index contributed by atoms with van der Waals surface area (Å²) in [6.07, 6.45) is -4.24. The van der Waals surface area contributed by atoms with Crippen LogP contribution in [0, 0.1) is 27.7 Å². The zero-order chi connectivity index (χ0) is 78.1. The van der Waals surface area contributed by atoms with Crippen LogP contribution in [0.5, 0.6) is 11.5 Å². The van der Waals surface area contributed by atoms with Crippen LogP contribution >= 0.6 is 0 Å². The summed E-state index contributed by atoms with van der Waals surface area (Å²) >= 11 is 0. The molecule has 5 heterocycles. The maximum absolute atomic E-state index is 13.4. The number of carbonyl (C=O) groups is 2. The average Bonchev–Trinajstić information content (AvgIpc) is 1.23. The molecule has 3 aliphatic rings. The van der Waals surface area contributed by atoms with Crippen molar-refractivity contribution in [3.05, 3.63) is 327 Å². The van der Waals surface area contributed by atoms with E-state index in [0.717, 1.165) is 55.5 Å². The van der Waals surface area contributed by atoms with Crippen molar-refractivity contribution in [1.82, 2.24) is 19.1 Å². The fourth-order valence-corrected chi connectivity index (χ4v) is 13.5. The average molecular weight is 1500 g/mol. The topological polar surface area (TPSA) is 295 Å². The highest BCUT2D eigenvalue weighted by Crippen LogP contribution is 2.45. The molecule has 0 saturated carbocycles. The molecule has 24 nitrogen and oxygen atoms in total. The molecule has 26 heteroatoms. The molecule has 0 amide bonds. The third-order valence-corrected chi connectivity index (χ3v) is 20.5. The molecule has 0 spiro atoms. The van der Waals surface area contributed by atoms with Gasteiger partial charge >= 0.3 is 37.9 Å². The fraction of sp³-hybridized carbons (Fsp3) is 0.310. The van der Waals surface area contributed by atoms with Gasteiger partial charge in [-0.3, -0.25) is 28.7 Å². The van der Waals surface area contributed by atoms with Gasteiger partial charge in [0.15, 0.2) is 0 Å². The molecule has 0 bridgehead atoms. The van der Waals surface area contributed by atoms with Crippen molar-refractivity contribution in [3.8, 4) is 11.5 Å².